The molecule has 0 saturated carbocycles. The molecule has 1 heterocycles. The molecule has 5 heteroatoms. The van der Waals surface area contributed by atoms with Crippen LogP contribution in [0.4, 0.5) is 0 Å². The first-order chi connectivity index (χ1) is 9.08. The smallest absolute Gasteiger partial charge is 0.254 e. The molecule has 0 fully saturated rings. The van der Waals surface area contributed by atoms with Crippen LogP contribution in [0.1, 0.15) is 15.9 Å². The van der Waals surface area contributed by atoms with Gasteiger partial charge in [-0.3, -0.25) is 4.79 Å². The lowest BCUT2D eigenvalue weighted by molar-refractivity contribution is 0.0785. The predicted molar refractivity (Wildman–Crippen MR) is 79.2 cm³/mol. The Kier molecular flexibility index (Phi) is 4.56. The number of hydrogen-bond donors (Lipinski definition) is 0. The summed E-state index contributed by atoms with van der Waals surface area (Å²) in [4.78, 5) is 17.9. The molecule has 0 radical (unpaired) electrons. The fraction of sp³-hybridized carbons (Fsp3) is 0.143. The van der Waals surface area contributed by atoms with Gasteiger partial charge in [-0.1, -0.05) is 29.8 Å². The van der Waals surface area contributed by atoms with E-state index in [-0.39, 0.29) is 5.91 Å². The Morgan fingerprint density at radius 1 is 1.37 bits per heavy atom. The minimum absolute atomic E-state index is 0.0666. The normalized spacial score (nSPS) is 10.3. The first-order valence-electron chi connectivity index (χ1n) is 5.68. The Labute approximate surface area is 125 Å². The molecule has 0 unspecified atom stereocenters. The van der Waals surface area contributed by atoms with E-state index in [4.69, 9.17) is 11.6 Å². The second-order valence-corrected chi connectivity index (χ2v) is 5.34. The molecular weight excluding hydrogens is 328 g/mol. The zero-order chi connectivity index (χ0) is 13.8. The first kappa shape index (κ1) is 14.0. The van der Waals surface area contributed by atoms with Gasteiger partial charge in [-0.2, -0.15) is 0 Å². The Morgan fingerprint density at radius 3 is 2.79 bits per heavy atom. The van der Waals surface area contributed by atoms with Crippen LogP contribution in [-0.2, 0) is 6.54 Å². The number of carbonyl (C=O) groups is 1. The Morgan fingerprint density at radius 2 is 2.11 bits per heavy atom. The second kappa shape index (κ2) is 6.17. The maximum atomic E-state index is 12.2. The number of pyridine rings is 1. The van der Waals surface area contributed by atoms with Crippen molar-refractivity contribution < 1.29 is 4.79 Å². The summed E-state index contributed by atoms with van der Waals surface area (Å²) in [6, 6.07) is 10.9. The minimum atomic E-state index is -0.0666. The molecule has 0 spiro atoms. The van der Waals surface area contributed by atoms with Gasteiger partial charge in [0.1, 0.15) is 4.60 Å². The topological polar surface area (TPSA) is 33.2 Å². The summed E-state index contributed by atoms with van der Waals surface area (Å²) in [6.45, 7) is 0.471. The standard InChI is InChI=1S/C14H12BrClN2O/c1-18(9-11-4-2-3-5-12(11)16)14(19)10-6-7-17-13(15)8-10/h2-8H,9H2,1H3. The van der Waals surface area contributed by atoms with Gasteiger partial charge in [0.2, 0.25) is 0 Å². The number of aromatic nitrogens is 1. The quantitative estimate of drug-likeness (QED) is 0.798. The van der Waals surface area contributed by atoms with Gasteiger partial charge in [0.05, 0.1) is 0 Å². The first-order valence-corrected chi connectivity index (χ1v) is 6.85. The number of halogens is 2. The SMILES string of the molecule is CN(Cc1ccccc1Cl)C(=O)c1ccnc(Br)c1. The maximum absolute atomic E-state index is 12.2. The monoisotopic (exact) mass is 338 g/mol. The zero-order valence-electron chi connectivity index (χ0n) is 10.3. The summed E-state index contributed by atoms with van der Waals surface area (Å²) >= 11 is 9.34. The molecule has 1 aromatic heterocycles. The van der Waals surface area contributed by atoms with Crippen LogP contribution in [-0.4, -0.2) is 22.8 Å². The summed E-state index contributed by atoms with van der Waals surface area (Å²) < 4.78 is 0.643. The van der Waals surface area contributed by atoms with Gasteiger partial charge >= 0.3 is 0 Å². The average molecular weight is 340 g/mol. The lowest BCUT2D eigenvalue weighted by Gasteiger charge is -2.18. The van der Waals surface area contributed by atoms with Crippen molar-refractivity contribution in [1.82, 2.24) is 9.88 Å². The van der Waals surface area contributed by atoms with Gasteiger partial charge in [0, 0.05) is 30.4 Å². The largest absolute Gasteiger partial charge is 0.337 e. The molecule has 1 amide bonds. The third kappa shape index (κ3) is 3.55. The Hall–Kier alpha value is -1.39. The van der Waals surface area contributed by atoms with Crippen LogP contribution in [0.25, 0.3) is 0 Å². The fourth-order valence-corrected chi connectivity index (χ4v) is 2.27. The fourth-order valence-electron chi connectivity index (χ4n) is 1.71. The average Bonchev–Trinajstić information content (AvgIpc) is 2.40. The van der Waals surface area contributed by atoms with E-state index in [0.717, 1.165) is 5.56 Å². The number of rotatable bonds is 3. The summed E-state index contributed by atoms with van der Waals surface area (Å²) in [5.74, 6) is -0.0666. The van der Waals surface area contributed by atoms with E-state index in [1.165, 1.54) is 0 Å². The third-order valence-corrected chi connectivity index (χ3v) is 3.49. The molecule has 98 valence electrons. The molecule has 2 rings (SSSR count). The highest BCUT2D eigenvalue weighted by molar-refractivity contribution is 9.10. The van der Waals surface area contributed by atoms with Gasteiger partial charge in [0.25, 0.3) is 5.91 Å². The molecule has 19 heavy (non-hydrogen) atoms. The van der Waals surface area contributed by atoms with E-state index in [1.807, 2.05) is 24.3 Å². The molecule has 0 N–H and O–H groups in total. The van der Waals surface area contributed by atoms with Gasteiger partial charge in [-0.05, 0) is 39.7 Å². The molecule has 2 aromatic rings. The summed E-state index contributed by atoms with van der Waals surface area (Å²) in [6.07, 6.45) is 1.60. The Bertz CT molecular complexity index is 604. The van der Waals surface area contributed by atoms with Crippen molar-refractivity contribution in [2.24, 2.45) is 0 Å². The van der Waals surface area contributed by atoms with Crippen molar-refractivity contribution >= 4 is 33.4 Å². The van der Waals surface area contributed by atoms with Crippen LogP contribution < -0.4 is 0 Å². The highest BCUT2D eigenvalue weighted by atomic mass is 79.9. The van der Waals surface area contributed by atoms with Crippen LogP contribution >= 0.6 is 27.5 Å². The summed E-state index contributed by atoms with van der Waals surface area (Å²) in [5, 5.41) is 0.665. The molecule has 0 aliphatic carbocycles. The molecular formula is C14H12BrClN2O. The summed E-state index contributed by atoms with van der Waals surface area (Å²) in [7, 11) is 1.75. The molecule has 0 atom stereocenters. The van der Waals surface area contributed by atoms with Crippen LogP contribution in [0.15, 0.2) is 47.2 Å². The van der Waals surface area contributed by atoms with Crippen molar-refractivity contribution in [2.45, 2.75) is 6.54 Å². The lowest BCUT2D eigenvalue weighted by Crippen LogP contribution is -2.26. The second-order valence-electron chi connectivity index (χ2n) is 4.12. The van der Waals surface area contributed by atoms with Crippen molar-refractivity contribution in [2.75, 3.05) is 7.05 Å². The number of amides is 1. The van der Waals surface area contributed by atoms with E-state index in [0.29, 0.717) is 21.7 Å². The van der Waals surface area contributed by atoms with Crippen molar-refractivity contribution in [3.63, 3.8) is 0 Å². The predicted octanol–water partition coefficient (Wildman–Crippen LogP) is 3.77. The zero-order valence-corrected chi connectivity index (χ0v) is 12.6. The van der Waals surface area contributed by atoms with Gasteiger partial charge in [-0.25, -0.2) is 4.98 Å². The van der Waals surface area contributed by atoms with Gasteiger partial charge in [0.15, 0.2) is 0 Å². The van der Waals surface area contributed by atoms with E-state index in [1.54, 1.807) is 30.3 Å². The molecule has 0 saturated heterocycles. The number of nitrogens with zero attached hydrogens (tertiary/aromatic N) is 2. The third-order valence-electron chi connectivity index (χ3n) is 2.69. The molecule has 0 aliphatic heterocycles. The van der Waals surface area contributed by atoms with Crippen molar-refractivity contribution in [3.05, 3.63) is 63.3 Å². The van der Waals surface area contributed by atoms with Gasteiger partial charge in [-0.15, -0.1) is 0 Å². The van der Waals surface area contributed by atoms with Gasteiger partial charge < -0.3 is 4.90 Å². The Balaban J connectivity index is 2.14. The van der Waals surface area contributed by atoms with Crippen LogP contribution in [0.3, 0.4) is 0 Å². The van der Waals surface area contributed by atoms with E-state index >= 15 is 0 Å². The van der Waals surface area contributed by atoms with Crippen LogP contribution in [0, 0.1) is 0 Å². The maximum Gasteiger partial charge on any atom is 0.254 e. The van der Waals surface area contributed by atoms with Crippen molar-refractivity contribution in [1.29, 1.82) is 0 Å². The highest BCUT2D eigenvalue weighted by Crippen LogP contribution is 2.18. The number of hydrogen-bond acceptors (Lipinski definition) is 2. The summed E-state index contributed by atoms with van der Waals surface area (Å²) in [5.41, 5.74) is 1.52. The molecule has 0 bridgehead atoms. The van der Waals surface area contributed by atoms with Crippen molar-refractivity contribution in [3.8, 4) is 0 Å². The molecule has 3 nitrogen and oxygen atoms in total. The van der Waals surface area contributed by atoms with Crippen LogP contribution in [0.2, 0.25) is 5.02 Å². The van der Waals surface area contributed by atoms with Crippen LogP contribution in [0.5, 0.6) is 0 Å². The number of carbonyl (C=O) groups excluding carboxylic acids is 1. The van der Waals surface area contributed by atoms with E-state index in [9.17, 15) is 4.79 Å². The van der Waals surface area contributed by atoms with E-state index < -0.39 is 0 Å². The lowest BCUT2D eigenvalue weighted by atomic mass is 10.2. The highest BCUT2D eigenvalue weighted by Gasteiger charge is 2.13. The number of benzene rings is 1. The van der Waals surface area contributed by atoms with E-state index in [2.05, 4.69) is 20.9 Å². The minimum Gasteiger partial charge on any atom is -0.337 e. The molecule has 0 aliphatic rings. The molecule has 1 aromatic carbocycles.